The number of hydrogen-bond acceptors (Lipinski definition) is 2. The van der Waals surface area contributed by atoms with Crippen LogP contribution in [0.4, 0.5) is 5.69 Å². The summed E-state index contributed by atoms with van der Waals surface area (Å²) in [6.45, 7) is 4.55. The van der Waals surface area contributed by atoms with E-state index in [4.69, 9.17) is 9.90 Å². The first-order valence-electron chi connectivity index (χ1n) is 4.46. The third-order valence-electron chi connectivity index (χ3n) is 1.46. The molecule has 2 N–H and O–H groups in total. The van der Waals surface area contributed by atoms with E-state index in [2.05, 4.69) is 5.32 Å². The minimum absolute atomic E-state index is 0.0284. The molecule has 0 aromatic heterocycles. The molecule has 0 spiro atoms. The van der Waals surface area contributed by atoms with Crippen molar-refractivity contribution in [3.05, 3.63) is 29.8 Å². The Balaban J connectivity index is 0.000000423. The molecule has 0 unspecified atom stereocenters. The average Bonchev–Trinajstić information content (AvgIpc) is 2.07. The van der Waals surface area contributed by atoms with Gasteiger partial charge in [-0.25, -0.2) is 0 Å². The maximum absolute atomic E-state index is 10.7. The molecule has 0 aliphatic heterocycles. The van der Waals surface area contributed by atoms with E-state index in [-0.39, 0.29) is 5.91 Å². The number of hydrogen-bond donors (Lipinski definition) is 2. The minimum Gasteiger partial charge on any atom is -0.481 e. The standard InChI is InChI=1S/C9H11NO.C2H4O2/c1-7-5-3-4-6-9(7)10-8(2)11;1-2(3)4/h3-6H,1-2H3,(H,10,11);1H3,(H,3,4). The second kappa shape index (κ2) is 6.59. The molecule has 0 aliphatic rings. The fourth-order valence-corrected chi connectivity index (χ4v) is 0.903. The highest BCUT2D eigenvalue weighted by atomic mass is 16.4. The number of rotatable bonds is 1. The van der Waals surface area contributed by atoms with Crippen molar-refractivity contribution in [2.75, 3.05) is 5.32 Å². The lowest BCUT2D eigenvalue weighted by atomic mass is 10.2. The second-order valence-electron chi connectivity index (χ2n) is 3.02. The van der Waals surface area contributed by atoms with Crippen molar-refractivity contribution in [2.45, 2.75) is 20.8 Å². The normalized spacial score (nSPS) is 8.47. The number of para-hydroxylation sites is 1. The van der Waals surface area contributed by atoms with Gasteiger partial charge in [0.1, 0.15) is 0 Å². The van der Waals surface area contributed by atoms with Crippen LogP contribution >= 0.6 is 0 Å². The molecule has 0 fully saturated rings. The maximum atomic E-state index is 10.7. The number of amides is 1. The highest BCUT2D eigenvalue weighted by molar-refractivity contribution is 5.89. The van der Waals surface area contributed by atoms with Gasteiger partial charge in [0.2, 0.25) is 5.91 Å². The van der Waals surface area contributed by atoms with Gasteiger partial charge in [-0.05, 0) is 18.6 Å². The molecule has 0 saturated carbocycles. The van der Waals surface area contributed by atoms with Gasteiger partial charge in [-0.1, -0.05) is 18.2 Å². The van der Waals surface area contributed by atoms with E-state index < -0.39 is 5.97 Å². The summed E-state index contributed by atoms with van der Waals surface area (Å²) in [5.74, 6) is -0.862. The van der Waals surface area contributed by atoms with E-state index in [9.17, 15) is 4.79 Å². The Kier molecular flexibility index (Phi) is 5.78. The number of anilines is 1. The van der Waals surface area contributed by atoms with Crippen LogP contribution in [-0.4, -0.2) is 17.0 Å². The Morgan fingerprint density at radius 1 is 1.20 bits per heavy atom. The Bertz CT molecular complexity index is 343. The third-order valence-corrected chi connectivity index (χ3v) is 1.46. The molecule has 1 rings (SSSR count). The maximum Gasteiger partial charge on any atom is 0.300 e. The van der Waals surface area contributed by atoms with E-state index in [1.807, 2.05) is 31.2 Å². The van der Waals surface area contributed by atoms with Crippen LogP contribution in [0.1, 0.15) is 19.4 Å². The van der Waals surface area contributed by atoms with E-state index in [0.29, 0.717) is 0 Å². The topological polar surface area (TPSA) is 66.4 Å². The summed E-state index contributed by atoms with van der Waals surface area (Å²) in [5.41, 5.74) is 1.97. The predicted molar refractivity (Wildman–Crippen MR) is 58.8 cm³/mol. The molecular weight excluding hydrogens is 194 g/mol. The predicted octanol–water partition coefficient (Wildman–Crippen LogP) is 2.04. The number of carboxylic acid groups (broad SMARTS) is 1. The van der Waals surface area contributed by atoms with E-state index >= 15 is 0 Å². The zero-order chi connectivity index (χ0) is 11.8. The van der Waals surface area contributed by atoms with Crippen molar-refractivity contribution in [1.82, 2.24) is 0 Å². The summed E-state index contributed by atoms with van der Waals surface area (Å²) in [4.78, 5) is 19.7. The van der Waals surface area contributed by atoms with Gasteiger partial charge in [0, 0.05) is 19.5 Å². The fourth-order valence-electron chi connectivity index (χ4n) is 0.903. The molecule has 1 aromatic carbocycles. The van der Waals surface area contributed by atoms with Crippen LogP contribution in [0.3, 0.4) is 0 Å². The molecule has 0 radical (unpaired) electrons. The van der Waals surface area contributed by atoms with E-state index in [0.717, 1.165) is 18.2 Å². The van der Waals surface area contributed by atoms with Crippen LogP contribution in [-0.2, 0) is 9.59 Å². The lowest BCUT2D eigenvalue weighted by Gasteiger charge is -2.03. The SMILES string of the molecule is CC(=O)Nc1ccccc1C.CC(=O)O. The molecule has 0 bridgehead atoms. The minimum atomic E-state index is -0.833. The smallest absolute Gasteiger partial charge is 0.300 e. The summed E-state index contributed by atoms with van der Waals surface area (Å²) >= 11 is 0. The van der Waals surface area contributed by atoms with Crippen molar-refractivity contribution >= 4 is 17.6 Å². The Morgan fingerprint density at radius 3 is 2.07 bits per heavy atom. The number of carbonyl (C=O) groups is 2. The Hall–Kier alpha value is -1.84. The molecule has 1 amide bonds. The summed E-state index contributed by atoms with van der Waals surface area (Å²) < 4.78 is 0. The molecule has 0 heterocycles. The molecule has 1 aromatic rings. The number of aliphatic carboxylic acids is 1. The molecule has 0 saturated heterocycles. The molecule has 0 aliphatic carbocycles. The molecule has 15 heavy (non-hydrogen) atoms. The van der Waals surface area contributed by atoms with Crippen LogP contribution in [0.25, 0.3) is 0 Å². The Morgan fingerprint density at radius 2 is 1.67 bits per heavy atom. The van der Waals surface area contributed by atoms with Gasteiger partial charge in [0.15, 0.2) is 0 Å². The first-order chi connectivity index (χ1) is 6.93. The second-order valence-corrected chi connectivity index (χ2v) is 3.02. The van der Waals surface area contributed by atoms with Crippen molar-refractivity contribution in [2.24, 2.45) is 0 Å². The van der Waals surface area contributed by atoms with Gasteiger partial charge in [-0.15, -0.1) is 0 Å². The van der Waals surface area contributed by atoms with Crippen molar-refractivity contribution in [3.8, 4) is 0 Å². The monoisotopic (exact) mass is 209 g/mol. The number of carboxylic acids is 1. The largest absolute Gasteiger partial charge is 0.481 e. The summed E-state index contributed by atoms with van der Waals surface area (Å²) in [6.07, 6.45) is 0. The molecule has 4 heteroatoms. The van der Waals surface area contributed by atoms with Gasteiger partial charge in [0.25, 0.3) is 5.97 Å². The quantitative estimate of drug-likeness (QED) is 0.743. The number of benzene rings is 1. The van der Waals surface area contributed by atoms with Crippen LogP contribution < -0.4 is 5.32 Å². The zero-order valence-corrected chi connectivity index (χ0v) is 9.07. The molecule has 4 nitrogen and oxygen atoms in total. The van der Waals surface area contributed by atoms with Gasteiger partial charge in [-0.3, -0.25) is 9.59 Å². The lowest BCUT2D eigenvalue weighted by Crippen LogP contribution is -2.06. The molecule has 0 atom stereocenters. The Labute approximate surface area is 88.9 Å². The van der Waals surface area contributed by atoms with Crippen molar-refractivity contribution in [1.29, 1.82) is 0 Å². The van der Waals surface area contributed by atoms with Crippen LogP contribution in [0.15, 0.2) is 24.3 Å². The third kappa shape index (κ3) is 7.25. The number of nitrogens with one attached hydrogen (secondary N) is 1. The zero-order valence-electron chi connectivity index (χ0n) is 9.07. The molecular formula is C11H15NO3. The van der Waals surface area contributed by atoms with Gasteiger partial charge in [-0.2, -0.15) is 0 Å². The average molecular weight is 209 g/mol. The molecule has 82 valence electrons. The van der Waals surface area contributed by atoms with Crippen molar-refractivity contribution in [3.63, 3.8) is 0 Å². The van der Waals surface area contributed by atoms with Crippen LogP contribution in [0, 0.1) is 6.92 Å². The van der Waals surface area contributed by atoms with E-state index in [1.165, 1.54) is 6.92 Å². The fraction of sp³-hybridized carbons (Fsp3) is 0.273. The van der Waals surface area contributed by atoms with Gasteiger partial charge < -0.3 is 10.4 Å². The highest BCUT2D eigenvalue weighted by Crippen LogP contribution is 2.12. The summed E-state index contributed by atoms with van der Waals surface area (Å²) in [6, 6.07) is 7.70. The van der Waals surface area contributed by atoms with Crippen LogP contribution in [0.2, 0.25) is 0 Å². The lowest BCUT2D eigenvalue weighted by molar-refractivity contribution is -0.134. The number of aryl methyl sites for hydroxylation is 1. The first kappa shape index (κ1) is 13.2. The highest BCUT2D eigenvalue weighted by Gasteiger charge is 1.96. The number of carbonyl (C=O) groups excluding carboxylic acids is 1. The van der Waals surface area contributed by atoms with Gasteiger partial charge >= 0.3 is 0 Å². The first-order valence-corrected chi connectivity index (χ1v) is 4.46. The summed E-state index contributed by atoms with van der Waals surface area (Å²) in [7, 11) is 0. The van der Waals surface area contributed by atoms with Crippen LogP contribution in [0.5, 0.6) is 0 Å². The van der Waals surface area contributed by atoms with Gasteiger partial charge in [0.05, 0.1) is 0 Å². The van der Waals surface area contributed by atoms with E-state index in [1.54, 1.807) is 0 Å². The van der Waals surface area contributed by atoms with Crippen molar-refractivity contribution < 1.29 is 14.7 Å². The summed E-state index contributed by atoms with van der Waals surface area (Å²) in [5, 5.41) is 10.2.